The highest BCUT2D eigenvalue weighted by Gasteiger charge is 2.31. The molecule has 2 rings (SSSR count). The lowest BCUT2D eigenvalue weighted by Crippen LogP contribution is -2.49. The Morgan fingerprint density at radius 3 is 2.40 bits per heavy atom. The predicted octanol–water partition coefficient (Wildman–Crippen LogP) is -1.01. The molecular weight excluding hydrogens is 300 g/mol. The minimum atomic E-state index is -3.53. The molecule has 1 fully saturated rings. The Morgan fingerprint density at radius 1 is 1.25 bits per heavy atom. The van der Waals surface area contributed by atoms with Crippen molar-refractivity contribution in [2.45, 2.75) is 4.34 Å². The fraction of sp³-hybridized carbons (Fsp3) is 0.800. The molecule has 0 spiro atoms. The highest BCUT2D eigenvalue weighted by Crippen LogP contribution is 2.22. The van der Waals surface area contributed by atoms with Gasteiger partial charge >= 0.3 is 0 Å². The van der Waals surface area contributed by atoms with Crippen molar-refractivity contribution in [2.75, 3.05) is 59.1 Å². The van der Waals surface area contributed by atoms with Gasteiger partial charge in [0, 0.05) is 39.3 Å². The zero-order chi connectivity index (χ0) is 14.8. The summed E-state index contributed by atoms with van der Waals surface area (Å²) in [7, 11) is 0.522. The maximum Gasteiger partial charge on any atom is 0.272 e. The van der Waals surface area contributed by atoms with Gasteiger partial charge in [-0.05, 0) is 14.1 Å². The van der Waals surface area contributed by atoms with Gasteiger partial charge in [0.05, 0.1) is 0 Å². The number of rotatable bonds is 5. The first-order chi connectivity index (χ1) is 9.39. The van der Waals surface area contributed by atoms with Gasteiger partial charge in [0.15, 0.2) is 0 Å². The third kappa shape index (κ3) is 3.64. The number of hydrogen-bond donors (Lipinski definition) is 1. The van der Waals surface area contributed by atoms with Crippen molar-refractivity contribution in [3.63, 3.8) is 0 Å². The van der Waals surface area contributed by atoms with Crippen LogP contribution in [0.2, 0.25) is 0 Å². The maximum absolute atomic E-state index is 12.3. The third-order valence-electron chi connectivity index (χ3n) is 3.18. The number of nitrogens with zero attached hydrogens (tertiary/aromatic N) is 5. The standard InChI is InChI=1S/C10H20N6O2S2/c1-14(2)3-4-15-5-7-16(8-6-15)20(17,18)10-13-12-9(11)19-10/h3-8H2,1-2H3,(H2,11,12). The number of nitrogens with two attached hydrogens (primary N) is 1. The molecule has 2 heterocycles. The van der Waals surface area contributed by atoms with Crippen molar-refractivity contribution in [1.82, 2.24) is 24.3 Å². The van der Waals surface area contributed by atoms with Crippen molar-refractivity contribution in [3.8, 4) is 0 Å². The Bertz CT molecular complexity index is 536. The Kier molecular flexibility index (Phi) is 4.91. The van der Waals surface area contributed by atoms with Gasteiger partial charge in [0.1, 0.15) is 0 Å². The van der Waals surface area contributed by atoms with E-state index >= 15 is 0 Å². The van der Waals surface area contributed by atoms with E-state index in [1.807, 2.05) is 14.1 Å². The molecule has 0 unspecified atom stereocenters. The summed E-state index contributed by atoms with van der Waals surface area (Å²) in [6, 6.07) is 0. The molecule has 0 amide bonds. The first kappa shape index (κ1) is 15.6. The Hall–Kier alpha value is -0.810. The third-order valence-corrected chi connectivity index (χ3v) is 6.17. The van der Waals surface area contributed by atoms with Crippen molar-refractivity contribution in [3.05, 3.63) is 0 Å². The molecule has 114 valence electrons. The lowest BCUT2D eigenvalue weighted by molar-refractivity contribution is 0.174. The minimum Gasteiger partial charge on any atom is -0.374 e. The molecule has 0 bridgehead atoms. The van der Waals surface area contributed by atoms with Crippen molar-refractivity contribution in [1.29, 1.82) is 0 Å². The monoisotopic (exact) mass is 320 g/mol. The normalized spacial score (nSPS) is 18.8. The van der Waals surface area contributed by atoms with Crippen LogP contribution in [0.1, 0.15) is 0 Å². The van der Waals surface area contributed by atoms with Crippen LogP contribution in [0.15, 0.2) is 4.34 Å². The van der Waals surface area contributed by atoms with Crippen molar-refractivity contribution < 1.29 is 8.42 Å². The van der Waals surface area contributed by atoms with E-state index in [1.54, 1.807) is 0 Å². The second-order valence-electron chi connectivity index (χ2n) is 4.96. The highest BCUT2D eigenvalue weighted by molar-refractivity contribution is 7.91. The van der Waals surface area contributed by atoms with Gasteiger partial charge in [-0.1, -0.05) is 11.3 Å². The molecule has 0 aromatic carbocycles. The molecule has 1 saturated heterocycles. The maximum atomic E-state index is 12.3. The molecule has 1 aromatic heterocycles. The first-order valence-electron chi connectivity index (χ1n) is 6.36. The summed E-state index contributed by atoms with van der Waals surface area (Å²) in [5.74, 6) is 0. The van der Waals surface area contributed by atoms with E-state index in [1.165, 1.54) is 4.31 Å². The predicted molar refractivity (Wildman–Crippen MR) is 78.1 cm³/mol. The molecule has 1 aliphatic heterocycles. The van der Waals surface area contributed by atoms with E-state index in [9.17, 15) is 8.42 Å². The summed E-state index contributed by atoms with van der Waals surface area (Å²) < 4.78 is 26.1. The smallest absolute Gasteiger partial charge is 0.272 e. The largest absolute Gasteiger partial charge is 0.374 e. The van der Waals surface area contributed by atoms with Crippen molar-refractivity contribution >= 4 is 26.5 Å². The average Bonchev–Trinajstić information content (AvgIpc) is 2.84. The lowest BCUT2D eigenvalue weighted by atomic mass is 10.3. The number of sulfonamides is 1. The molecular formula is C10H20N6O2S2. The summed E-state index contributed by atoms with van der Waals surface area (Å²) in [5, 5.41) is 7.38. The number of anilines is 1. The van der Waals surface area contributed by atoms with E-state index in [-0.39, 0.29) is 9.47 Å². The molecule has 2 N–H and O–H groups in total. The zero-order valence-corrected chi connectivity index (χ0v) is 13.3. The van der Waals surface area contributed by atoms with Gasteiger partial charge < -0.3 is 10.6 Å². The summed E-state index contributed by atoms with van der Waals surface area (Å²) in [5.41, 5.74) is 5.44. The molecule has 0 saturated carbocycles. The molecule has 8 nitrogen and oxygen atoms in total. The molecule has 20 heavy (non-hydrogen) atoms. The van der Waals surface area contributed by atoms with Gasteiger partial charge in [0.25, 0.3) is 10.0 Å². The van der Waals surface area contributed by atoms with E-state index in [0.29, 0.717) is 13.1 Å². The summed E-state index contributed by atoms with van der Waals surface area (Å²) in [6.07, 6.45) is 0. The van der Waals surface area contributed by atoms with Crippen LogP contribution in [-0.4, -0.2) is 86.1 Å². The SMILES string of the molecule is CN(C)CCN1CCN(S(=O)(=O)c2nnc(N)s2)CC1. The summed E-state index contributed by atoms with van der Waals surface area (Å²) >= 11 is 0.909. The number of likely N-dealkylation sites (N-methyl/N-ethyl adjacent to an activating group) is 1. The number of hydrogen-bond acceptors (Lipinski definition) is 8. The molecule has 10 heteroatoms. The highest BCUT2D eigenvalue weighted by atomic mass is 32.2. The van der Waals surface area contributed by atoms with Gasteiger partial charge in [0.2, 0.25) is 9.47 Å². The van der Waals surface area contributed by atoms with Gasteiger partial charge in [-0.15, -0.1) is 10.2 Å². The quantitative estimate of drug-likeness (QED) is 0.742. The number of aromatic nitrogens is 2. The lowest BCUT2D eigenvalue weighted by Gasteiger charge is -2.33. The van der Waals surface area contributed by atoms with Crippen LogP contribution >= 0.6 is 11.3 Å². The van der Waals surface area contributed by atoms with Crippen LogP contribution in [0.25, 0.3) is 0 Å². The number of nitrogen functional groups attached to an aromatic ring is 1. The van der Waals surface area contributed by atoms with E-state index in [2.05, 4.69) is 20.0 Å². The van der Waals surface area contributed by atoms with Crippen LogP contribution < -0.4 is 5.73 Å². The van der Waals surface area contributed by atoms with Crippen LogP contribution in [0.3, 0.4) is 0 Å². The van der Waals surface area contributed by atoms with Gasteiger partial charge in [-0.3, -0.25) is 4.90 Å². The van der Waals surface area contributed by atoms with Gasteiger partial charge in [-0.2, -0.15) is 4.31 Å². The molecule has 1 aromatic rings. The minimum absolute atomic E-state index is 0.0169. The Balaban J connectivity index is 1.93. The van der Waals surface area contributed by atoms with E-state index in [0.717, 1.165) is 37.5 Å². The van der Waals surface area contributed by atoms with Crippen LogP contribution in [0.5, 0.6) is 0 Å². The number of piperazine rings is 1. The van der Waals surface area contributed by atoms with Crippen molar-refractivity contribution in [2.24, 2.45) is 0 Å². The summed E-state index contributed by atoms with van der Waals surface area (Å²) in [4.78, 5) is 4.38. The summed E-state index contributed by atoms with van der Waals surface area (Å²) in [6.45, 7) is 4.36. The van der Waals surface area contributed by atoms with Crippen LogP contribution in [-0.2, 0) is 10.0 Å². The Labute approximate surface area is 123 Å². The molecule has 0 atom stereocenters. The first-order valence-corrected chi connectivity index (χ1v) is 8.61. The van der Waals surface area contributed by atoms with Crippen LogP contribution in [0.4, 0.5) is 5.13 Å². The second-order valence-corrected chi connectivity index (χ2v) is 8.08. The fourth-order valence-electron chi connectivity index (χ4n) is 1.97. The molecule has 0 radical (unpaired) electrons. The molecule has 1 aliphatic rings. The second kappa shape index (κ2) is 6.31. The van der Waals surface area contributed by atoms with Gasteiger partial charge in [-0.25, -0.2) is 8.42 Å². The Morgan fingerprint density at radius 2 is 1.90 bits per heavy atom. The fourth-order valence-corrected chi connectivity index (χ4v) is 4.31. The van der Waals surface area contributed by atoms with E-state index < -0.39 is 10.0 Å². The molecule has 0 aliphatic carbocycles. The van der Waals surface area contributed by atoms with Crippen LogP contribution in [0, 0.1) is 0 Å². The van der Waals surface area contributed by atoms with E-state index in [4.69, 9.17) is 5.73 Å². The zero-order valence-electron chi connectivity index (χ0n) is 11.7. The average molecular weight is 320 g/mol. The topological polar surface area (TPSA) is 95.7 Å².